The first-order valence-corrected chi connectivity index (χ1v) is 10.5. The number of benzene rings is 1. The first-order valence-electron chi connectivity index (χ1n) is 10.5. The molecule has 172 valence electrons. The molecule has 33 heavy (non-hydrogen) atoms. The van der Waals surface area contributed by atoms with Gasteiger partial charge in [0.1, 0.15) is 30.3 Å². The summed E-state index contributed by atoms with van der Waals surface area (Å²) in [5.74, 6) is -0.845. The van der Waals surface area contributed by atoms with Crippen molar-refractivity contribution >= 4 is 17.6 Å². The number of hydrogen-bond donors (Lipinski definition) is 2. The maximum Gasteiger partial charge on any atom is 0.263 e. The molecular formula is C23H22F2N4O4. The number of carbonyl (C=O) groups is 2. The molecule has 2 unspecified atom stereocenters. The number of nitrogens with zero attached hydrogens (tertiary/aromatic N) is 3. The summed E-state index contributed by atoms with van der Waals surface area (Å²) >= 11 is 0. The number of aliphatic hydroxyl groups excluding tert-OH is 1. The number of pyridine rings is 1. The molecule has 0 spiro atoms. The summed E-state index contributed by atoms with van der Waals surface area (Å²) in [7, 11) is 0. The Morgan fingerprint density at radius 2 is 2.06 bits per heavy atom. The van der Waals surface area contributed by atoms with Crippen LogP contribution in [0, 0.1) is 11.3 Å². The number of piperidine rings is 1. The zero-order valence-corrected chi connectivity index (χ0v) is 17.6. The third-order valence-corrected chi connectivity index (χ3v) is 5.78. The number of nitrogens with one attached hydrogen (secondary N) is 1. The molecule has 1 aromatic heterocycles. The van der Waals surface area contributed by atoms with Crippen LogP contribution in [0.15, 0.2) is 36.5 Å². The number of alkyl halides is 2. The molecule has 10 heteroatoms. The number of likely N-dealkylation sites (tertiary alicyclic amines) is 1. The molecule has 4 rings (SSSR count). The molecular weight excluding hydrogens is 434 g/mol. The molecule has 2 amide bonds. The Hall–Kier alpha value is -3.58. The second-order valence-corrected chi connectivity index (χ2v) is 8.13. The number of ether oxygens (including phenoxy) is 1. The molecule has 2 atom stereocenters. The molecule has 0 bridgehead atoms. The van der Waals surface area contributed by atoms with E-state index in [1.54, 1.807) is 30.3 Å². The lowest BCUT2D eigenvalue weighted by Gasteiger charge is -2.34. The van der Waals surface area contributed by atoms with Crippen molar-refractivity contribution in [2.75, 3.05) is 25.0 Å². The standard InChI is InChI=1S/C23H22F2N4O4/c24-17-12-29(21(31)13-30)8-4-19(17)33-18-2-1-14(9-16(18)11-26)15-3-7-27-20(10-15)28-22(32)23(25)5-6-23/h1-3,7,9-10,17,19,30H,4-6,8,12-13H2,(H,27,28,32). The molecule has 8 nitrogen and oxygen atoms in total. The lowest BCUT2D eigenvalue weighted by atomic mass is 10.0. The van der Waals surface area contributed by atoms with E-state index >= 15 is 0 Å². The predicted octanol–water partition coefficient (Wildman–Crippen LogP) is 2.37. The predicted molar refractivity (Wildman–Crippen MR) is 114 cm³/mol. The van der Waals surface area contributed by atoms with Gasteiger partial charge >= 0.3 is 0 Å². The van der Waals surface area contributed by atoms with Crippen molar-refractivity contribution in [2.45, 2.75) is 37.2 Å². The smallest absolute Gasteiger partial charge is 0.263 e. The van der Waals surface area contributed by atoms with Gasteiger partial charge in [-0.25, -0.2) is 13.8 Å². The van der Waals surface area contributed by atoms with Crippen molar-refractivity contribution in [1.82, 2.24) is 9.88 Å². The molecule has 1 saturated heterocycles. The fourth-order valence-corrected chi connectivity index (χ4v) is 3.65. The van der Waals surface area contributed by atoms with E-state index in [1.807, 2.05) is 6.07 Å². The van der Waals surface area contributed by atoms with E-state index in [0.29, 0.717) is 11.1 Å². The van der Waals surface area contributed by atoms with Gasteiger partial charge < -0.3 is 20.1 Å². The van der Waals surface area contributed by atoms with Gasteiger partial charge in [0.05, 0.1) is 12.1 Å². The fourth-order valence-electron chi connectivity index (χ4n) is 3.65. The van der Waals surface area contributed by atoms with Crippen molar-refractivity contribution in [2.24, 2.45) is 0 Å². The maximum atomic E-state index is 14.5. The molecule has 0 radical (unpaired) electrons. The highest BCUT2D eigenvalue weighted by Crippen LogP contribution is 2.40. The van der Waals surface area contributed by atoms with E-state index in [2.05, 4.69) is 10.3 Å². The zero-order chi connectivity index (χ0) is 23.6. The van der Waals surface area contributed by atoms with Gasteiger partial charge in [-0.1, -0.05) is 6.07 Å². The highest BCUT2D eigenvalue weighted by molar-refractivity contribution is 5.99. The van der Waals surface area contributed by atoms with Crippen LogP contribution in [0.4, 0.5) is 14.6 Å². The number of aliphatic hydroxyl groups is 1. The molecule has 1 aliphatic heterocycles. The van der Waals surface area contributed by atoms with Gasteiger partial charge in [0, 0.05) is 19.2 Å². The minimum atomic E-state index is -1.82. The van der Waals surface area contributed by atoms with Crippen molar-refractivity contribution in [3.05, 3.63) is 42.1 Å². The largest absolute Gasteiger partial charge is 0.486 e. The van der Waals surface area contributed by atoms with Crippen LogP contribution >= 0.6 is 0 Å². The number of rotatable bonds is 6. The fraction of sp³-hybridized carbons (Fsp3) is 0.391. The molecule has 2 fully saturated rings. The van der Waals surface area contributed by atoms with Gasteiger partial charge in [0.15, 0.2) is 11.8 Å². The monoisotopic (exact) mass is 456 g/mol. The van der Waals surface area contributed by atoms with Crippen LogP contribution in [-0.2, 0) is 9.59 Å². The molecule has 2 aliphatic rings. The highest BCUT2D eigenvalue weighted by atomic mass is 19.1. The highest BCUT2D eigenvalue weighted by Gasteiger charge is 2.51. The second-order valence-electron chi connectivity index (χ2n) is 8.13. The van der Waals surface area contributed by atoms with Crippen molar-refractivity contribution in [1.29, 1.82) is 5.26 Å². The van der Waals surface area contributed by atoms with Crippen LogP contribution in [0.1, 0.15) is 24.8 Å². The summed E-state index contributed by atoms with van der Waals surface area (Å²) < 4.78 is 34.2. The number of halogens is 2. The molecule has 1 aromatic carbocycles. The molecule has 2 N–H and O–H groups in total. The molecule has 2 aromatic rings. The summed E-state index contributed by atoms with van der Waals surface area (Å²) in [6, 6.07) is 10.1. The van der Waals surface area contributed by atoms with Gasteiger partial charge in [-0.3, -0.25) is 9.59 Å². The third-order valence-electron chi connectivity index (χ3n) is 5.78. The summed E-state index contributed by atoms with van der Waals surface area (Å²) in [6.07, 6.45) is -0.206. The van der Waals surface area contributed by atoms with Gasteiger partial charge in [0.2, 0.25) is 5.91 Å². The van der Waals surface area contributed by atoms with Crippen LogP contribution in [0.25, 0.3) is 11.1 Å². The van der Waals surface area contributed by atoms with E-state index in [1.165, 1.54) is 11.1 Å². The van der Waals surface area contributed by atoms with Crippen LogP contribution < -0.4 is 10.1 Å². The first-order chi connectivity index (χ1) is 15.8. The minimum Gasteiger partial charge on any atom is -0.486 e. The zero-order valence-electron chi connectivity index (χ0n) is 17.6. The number of amides is 2. The molecule has 1 saturated carbocycles. The van der Waals surface area contributed by atoms with Crippen molar-refractivity contribution in [3.8, 4) is 22.9 Å². The van der Waals surface area contributed by atoms with Crippen molar-refractivity contribution in [3.63, 3.8) is 0 Å². The first kappa shape index (κ1) is 22.6. The Labute approximate surface area is 188 Å². The third kappa shape index (κ3) is 4.93. The van der Waals surface area contributed by atoms with Gasteiger partial charge in [-0.05, 0) is 48.2 Å². The van der Waals surface area contributed by atoms with Crippen molar-refractivity contribution < 1.29 is 28.2 Å². The quantitative estimate of drug-likeness (QED) is 0.690. The van der Waals surface area contributed by atoms with E-state index in [9.17, 15) is 23.6 Å². The average Bonchev–Trinajstić information content (AvgIpc) is 3.58. The average molecular weight is 456 g/mol. The van der Waals surface area contributed by atoms with Gasteiger partial charge in [-0.2, -0.15) is 5.26 Å². The molecule has 1 aliphatic carbocycles. The van der Waals surface area contributed by atoms with Crippen LogP contribution in [0.2, 0.25) is 0 Å². The summed E-state index contributed by atoms with van der Waals surface area (Å²) in [5.41, 5.74) is -0.346. The number of nitriles is 1. The van der Waals surface area contributed by atoms with E-state index in [-0.39, 0.29) is 49.5 Å². The summed E-state index contributed by atoms with van der Waals surface area (Å²) in [6.45, 7) is -0.612. The minimum absolute atomic E-state index is 0.185. The van der Waals surface area contributed by atoms with E-state index in [0.717, 1.165) is 0 Å². The Morgan fingerprint density at radius 1 is 1.30 bits per heavy atom. The normalized spacial score (nSPS) is 21.1. The lowest BCUT2D eigenvalue weighted by molar-refractivity contribution is -0.138. The SMILES string of the molecule is N#Cc1cc(-c2ccnc(NC(=O)C3(F)CC3)c2)ccc1OC1CCN(C(=O)CO)CC1F. The number of anilines is 1. The van der Waals surface area contributed by atoms with Crippen LogP contribution in [-0.4, -0.2) is 64.4 Å². The number of hydrogen-bond acceptors (Lipinski definition) is 6. The van der Waals surface area contributed by atoms with E-state index < -0.39 is 36.4 Å². The van der Waals surface area contributed by atoms with Gasteiger partial charge in [0.25, 0.3) is 5.91 Å². The van der Waals surface area contributed by atoms with Crippen LogP contribution in [0.3, 0.4) is 0 Å². The number of aromatic nitrogens is 1. The van der Waals surface area contributed by atoms with E-state index in [4.69, 9.17) is 9.84 Å². The Bertz CT molecular complexity index is 1120. The Morgan fingerprint density at radius 3 is 2.73 bits per heavy atom. The topological polar surface area (TPSA) is 116 Å². The molecule has 2 heterocycles. The number of carbonyl (C=O) groups excluding carboxylic acids is 2. The summed E-state index contributed by atoms with van der Waals surface area (Å²) in [5, 5.41) is 21.0. The second kappa shape index (κ2) is 9.11. The maximum absolute atomic E-state index is 14.5. The Kier molecular flexibility index (Phi) is 6.24. The lowest BCUT2D eigenvalue weighted by Crippen LogP contribution is -2.50. The Balaban J connectivity index is 1.47. The van der Waals surface area contributed by atoms with Crippen LogP contribution in [0.5, 0.6) is 5.75 Å². The van der Waals surface area contributed by atoms with Gasteiger partial charge in [-0.15, -0.1) is 0 Å². The summed E-state index contributed by atoms with van der Waals surface area (Å²) in [4.78, 5) is 28.8.